The summed E-state index contributed by atoms with van der Waals surface area (Å²) in [5.41, 5.74) is 0.0557. The molecule has 6 nitrogen and oxygen atoms in total. The van der Waals surface area contributed by atoms with E-state index in [0.29, 0.717) is 31.5 Å². The van der Waals surface area contributed by atoms with Crippen LogP contribution in [0, 0.1) is 26.9 Å². The van der Waals surface area contributed by atoms with Crippen LogP contribution in [-0.4, -0.2) is 28.8 Å². The molecule has 1 aromatic rings. The molecule has 104 valence electrons. The molecule has 0 saturated carbocycles. The van der Waals surface area contributed by atoms with Gasteiger partial charge in [-0.05, 0) is 31.9 Å². The lowest BCUT2D eigenvalue weighted by molar-refractivity contribution is -0.384. The van der Waals surface area contributed by atoms with Crippen LogP contribution < -0.4 is 0 Å². The third-order valence-corrected chi connectivity index (χ3v) is 3.75. The van der Waals surface area contributed by atoms with E-state index in [1.807, 2.05) is 6.92 Å². The normalized spacial score (nSPS) is 17.3. The molecule has 1 fully saturated rings. The van der Waals surface area contributed by atoms with Crippen LogP contribution in [0.1, 0.15) is 30.1 Å². The number of hydrogen-bond donors (Lipinski definition) is 0. The second-order valence-electron chi connectivity index (χ2n) is 5.27. The van der Waals surface area contributed by atoms with Crippen LogP contribution in [0.3, 0.4) is 0 Å². The fourth-order valence-corrected chi connectivity index (χ4v) is 2.22. The van der Waals surface area contributed by atoms with Gasteiger partial charge < -0.3 is 4.90 Å². The molecule has 1 amide bonds. The maximum Gasteiger partial charge on any atom is 0.269 e. The Morgan fingerprint density at radius 2 is 1.90 bits per heavy atom. The Labute approximate surface area is 116 Å². The molecule has 0 N–H and O–H groups in total. The van der Waals surface area contributed by atoms with Crippen molar-refractivity contribution in [1.82, 2.24) is 4.90 Å². The van der Waals surface area contributed by atoms with Gasteiger partial charge in [0.1, 0.15) is 0 Å². The van der Waals surface area contributed by atoms with Gasteiger partial charge in [-0.15, -0.1) is 0 Å². The quantitative estimate of drug-likeness (QED) is 0.611. The third-order valence-electron chi connectivity index (χ3n) is 3.75. The molecular weight excluding hydrogens is 258 g/mol. The number of hydrogen-bond acceptors (Lipinski definition) is 4. The van der Waals surface area contributed by atoms with E-state index in [1.165, 1.54) is 24.3 Å². The first-order chi connectivity index (χ1) is 9.45. The number of nitriles is 1. The van der Waals surface area contributed by atoms with Crippen LogP contribution in [-0.2, 0) is 0 Å². The second kappa shape index (κ2) is 5.29. The number of piperidine rings is 1. The summed E-state index contributed by atoms with van der Waals surface area (Å²) in [6.45, 7) is 2.99. The molecule has 2 rings (SSSR count). The first-order valence-electron chi connectivity index (χ1n) is 6.40. The van der Waals surface area contributed by atoms with Crippen molar-refractivity contribution in [3.63, 3.8) is 0 Å². The number of carbonyl (C=O) groups excluding carboxylic acids is 1. The zero-order valence-electron chi connectivity index (χ0n) is 11.2. The van der Waals surface area contributed by atoms with E-state index >= 15 is 0 Å². The number of non-ortho nitro benzene ring substituents is 1. The summed E-state index contributed by atoms with van der Waals surface area (Å²) < 4.78 is 0. The highest BCUT2D eigenvalue weighted by molar-refractivity contribution is 5.94. The largest absolute Gasteiger partial charge is 0.339 e. The molecule has 1 aromatic carbocycles. The highest BCUT2D eigenvalue weighted by Gasteiger charge is 2.32. The van der Waals surface area contributed by atoms with E-state index in [4.69, 9.17) is 5.26 Å². The molecule has 0 atom stereocenters. The summed E-state index contributed by atoms with van der Waals surface area (Å²) in [4.78, 5) is 24.0. The molecule has 1 aliphatic heterocycles. The Bertz CT molecular complexity index is 566. The highest BCUT2D eigenvalue weighted by Crippen LogP contribution is 2.30. The topological polar surface area (TPSA) is 87.2 Å². The number of likely N-dealkylation sites (tertiary alicyclic amines) is 1. The lowest BCUT2D eigenvalue weighted by atomic mass is 9.82. The molecule has 0 radical (unpaired) electrons. The summed E-state index contributed by atoms with van der Waals surface area (Å²) in [5.74, 6) is -0.139. The van der Waals surface area contributed by atoms with Crippen LogP contribution >= 0.6 is 0 Å². The van der Waals surface area contributed by atoms with E-state index in [-0.39, 0.29) is 17.0 Å². The van der Waals surface area contributed by atoms with Gasteiger partial charge in [-0.25, -0.2) is 0 Å². The Morgan fingerprint density at radius 1 is 1.35 bits per heavy atom. The van der Waals surface area contributed by atoms with Crippen molar-refractivity contribution in [2.45, 2.75) is 19.8 Å². The molecule has 0 spiro atoms. The van der Waals surface area contributed by atoms with E-state index in [1.54, 1.807) is 4.90 Å². The monoisotopic (exact) mass is 273 g/mol. The van der Waals surface area contributed by atoms with E-state index in [9.17, 15) is 14.9 Å². The van der Waals surface area contributed by atoms with Crippen molar-refractivity contribution in [1.29, 1.82) is 5.26 Å². The summed E-state index contributed by atoms with van der Waals surface area (Å²) >= 11 is 0. The number of nitrogens with zero attached hydrogens (tertiary/aromatic N) is 3. The van der Waals surface area contributed by atoms with Crippen LogP contribution in [0.25, 0.3) is 0 Å². The second-order valence-corrected chi connectivity index (χ2v) is 5.27. The van der Waals surface area contributed by atoms with Gasteiger partial charge >= 0.3 is 0 Å². The van der Waals surface area contributed by atoms with Gasteiger partial charge in [0, 0.05) is 30.8 Å². The molecular formula is C14H15N3O3. The number of carbonyl (C=O) groups is 1. The average molecular weight is 273 g/mol. The molecule has 0 aromatic heterocycles. The van der Waals surface area contributed by atoms with Crippen LogP contribution in [0.5, 0.6) is 0 Å². The average Bonchev–Trinajstić information content (AvgIpc) is 2.47. The van der Waals surface area contributed by atoms with Crippen molar-refractivity contribution >= 4 is 11.6 Å². The zero-order chi connectivity index (χ0) is 14.8. The fraction of sp³-hybridized carbons (Fsp3) is 0.429. The van der Waals surface area contributed by atoms with Gasteiger partial charge in [-0.3, -0.25) is 14.9 Å². The van der Waals surface area contributed by atoms with Gasteiger partial charge in [-0.2, -0.15) is 5.26 Å². The summed E-state index contributed by atoms with van der Waals surface area (Å²) in [5, 5.41) is 19.6. The Kier molecular flexibility index (Phi) is 3.70. The SMILES string of the molecule is CC1(C#N)CCN(C(=O)c2ccc([N+](=O)[O-])cc2)CC1. The predicted molar refractivity (Wildman–Crippen MR) is 72.0 cm³/mol. The lowest BCUT2D eigenvalue weighted by Crippen LogP contribution is -2.41. The molecule has 1 heterocycles. The van der Waals surface area contributed by atoms with Crippen molar-refractivity contribution < 1.29 is 9.72 Å². The molecule has 0 unspecified atom stereocenters. The minimum atomic E-state index is -0.493. The first kappa shape index (κ1) is 14.0. The van der Waals surface area contributed by atoms with E-state index < -0.39 is 4.92 Å². The number of amides is 1. The summed E-state index contributed by atoms with van der Waals surface area (Å²) in [6, 6.07) is 7.89. The molecule has 0 aliphatic carbocycles. The smallest absolute Gasteiger partial charge is 0.269 e. The molecule has 20 heavy (non-hydrogen) atoms. The third kappa shape index (κ3) is 2.77. The minimum absolute atomic E-state index is 0.0303. The fourth-order valence-electron chi connectivity index (χ4n) is 2.22. The van der Waals surface area contributed by atoms with E-state index in [2.05, 4.69) is 6.07 Å². The molecule has 1 aliphatic rings. The number of benzene rings is 1. The van der Waals surface area contributed by atoms with Crippen molar-refractivity contribution in [3.05, 3.63) is 39.9 Å². The molecule has 0 bridgehead atoms. The van der Waals surface area contributed by atoms with Gasteiger partial charge in [0.25, 0.3) is 11.6 Å². The van der Waals surface area contributed by atoms with E-state index in [0.717, 1.165) is 0 Å². The maximum atomic E-state index is 12.3. The summed E-state index contributed by atoms with van der Waals surface area (Å²) in [6.07, 6.45) is 1.31. The van der Waals surface area contributed by atoms with Crippen molar-refractivity contribution in [2.24, 2.45) is 5.41 Å². The van der Waals surface area contributed by atoms with Crippen LogP contribution in [0.4, 0.5) is 5.69 Å². The Morgan fingerprint density at radius 3 is 2.35 bits per heavy atom. The van der Waals surface area contributed by atoms with Crippen LogP contribution in [0.2, 0.25) is 0 Å². The van der Waals surface area contributed by atoms with Crippen LogP contribution in [0.15, 0.2) is 24.3 Å². The van der Waals surface area contributed by atoms with Gasteiger partial charge in [0.05, 0.1) is 16.4 Å². The van der Waals surface area contributed by atoms with Gasteiger partial charge in [0.2, 0.25) is 0 Å². The van der Waals surface area contributed by atoms with Crippen molar-refractivity contribution in [3.8, 4) is 6.07 Å². The summed E-state index contributed by atoms with van der Waals surface area (Å²) in [7, 11) is 0. The first-order valence-corrected chi connectivity index (χ1v) is 6.40. The van der Waals surface area contributed by atoms with Gasteiger partial charge in [-0.1, -0.05) is 0 Å². The zero-order valence-corrected chi connectivity index (χ0v) is 11.2. The van der Waals surface area contributed by atoms with Gasteiger partial charge in [0.15, 0.2) is 0 Å². The maximum absolute atomic E-state index is 12.3. The number of nitro benzene ring substituents is 1. The number of rotatable bonds is 2. The minimum Gasteiger partial charge on any atom is -0.339 e. The number of nitro groups is 1. The Balaban J connectivity index is 2.06. The molecule has 6 heteroatoms. The van der Waals surface area contributed by atoms with Crippen molar-refractivity contribution in [2.75, 3.05) is 13.1 Å². The highest BCUT2D eigenvalue weighted by atomic mass is 16.6. The molecule has 1 saturated heterocycles. The lowest BCUT2D eigenvalue weighted by Gasteiger charge is -2.34. The Hall–Kier alpha value is -2.42. The standard InChI is InChI=1S/C14H15N3O3/c1-14(10-15)6-8-16(9-7-14)13(18)11-2-4-12(5-3-11)17(19)20/h2-5H,6-9H2,1H3. The predicted octanol–water partition coefficient (Wildman–Crippen LogP) is 2.36.